The summed E-state index contributed by atoms with van der Waals surface area (Å²) < 4.78 is 5.48. The molecule has 0 atom stereocenters. The number of anilines is 2. The molecule has 0 spiro atoms. The number of amides is 1. The van der Waals surface area contributed by atoms with Crippen molar-refractivity contribution in [2.75, 3.05) is 24.4 Å². The smallest absolute Gasteiger partial charge is 0.211 e. The topological polar surface area (TPSA) is 83.1 Å². The van der Waals surface area contributed by atoms with E-state index in [1.165, 1.54) is 38.5 Å². The quantitative estimate of drug-likeness (QED) is 0.537. The van der Waals surface area contributed by atoms with Crippen LogP contribution in [0.15, 0.2) is 24.7 Å². The number of aromatic amines is 1. The Labute approximate surface area is 184 Å². The SMILES string of the molecule is C1CCCCC1.COc1c(C)cnc(CN(C)c2cnc3[nH]ccc3c2NC=O)c1C. The Hall–Kier alpha value is -3.09. The molecular formula is C24H33N5O2. The maximum Gasteiger partial charge on any atom is 0.211 e. The third-order valence-corrected chi connectivity index (χ3v) is 5.82. The number of nitrogens with one attached hydrogen (secondary N) is 2. The first-order valence-electron chi connectivity index (χ1n) is 10.9. The lowest BCUT2D eigenvalue weighted by atomic mass is 10.0. The molecule has 0 saturated heterocycles. The first-order chi connectivity index (χ1) is 15.1. The summed E-state index contributed by atoms with van der Waals surface area (Å²) in [7, 11) is 3.61. The number of H-pyrrole nitrogens is 1. The first-order valence-corrected chi connectivity index (χ1v) is 10.9. The van der Waals surface area contributed by atoms with E-state index in [0.29, 0.717) is 13.0 Å². The molecule has 1 aliphatic carbocycles. The van der Waals surface area contributed by atoms with Crippen molar-refractivity contribution in [2.45, 2.75) is 58.9 Å². The minimum Gasteiger partial charge on any atom is -0.496 e. The van der Waals surface area contributed by atoms with Crippen LogP contribution >= 0.6 is 0 Å². The average molecular weight is 424 g/mol. The van der Waals surface area contributed by atoms with Gasteiger partial charge in [0.05, 0.1) is 36.9 Å². The van der Waals surface area contributed by atoms with Gasteiger partial charge in [-0.2, -0.15) is 0 Å². The number of aromatic nitrogens is 3. The summed E-state index contributed by atoms with van der Waals surface area (Å²) in [5.41, 5.74) is 5.20. The van der Waals surface area contributed by atoms with Crippen LogP contribution < -0.4 is 15.0 Å². The molecule has 2 N–H and O–H groups in total. The Morgan fingerprint density at radius 3 is 2.42 bits per heavy atom. The Kier molecular flexibility index (Phi) is 7.87. The zero-order valence-corrected chi connectivity index (χ0v) is 19.0. The van der Waals surface area contributed by atoms with Gasteiger partial charge in [0, 0.05) is 36.0 Å². The summed E-state index contributed by atoms with van der Waals surface area (Å²) in [5, 5.41) is 3.65. The second-order valence-electron chi connectivity index (χ2n) is 8.04. The second-order valence-corrected chi connectivity index (χ2v) is 8.04. The summed E-state index contributed by atoms with van der Waals surface area (Å²) in [6, 6.07) is 1.89. The number of ether oxygens (including phenoxy) is 1. The van der Waals surface area contributed by atoms with Gasteiger partial charge in [-0.25, -0.2) is 4.98 Å². The monoisotopic (exact) mass is 423 g/mol. The number of carbonyl (C=O) groups excluding carboxylic acids is 1. The number of hydrogen-bond acceptors (Lipinski definition) is 5. The van der Waals surface area contributed by atoms with Crippen molar-refractivity contribution < 1.29 is 9.53 Å². The van der Waals surface area contributed by atoms with E-state index in [0.717, 1.165) is 45.0 Å². The van der Waals surface area contributed by atoms with Crippen LogP contribution in [0.2, 0.25) is 0 Å². The van der Waals surface area contributed by atoms with Crippen molar-refractivity contribution >= 4 is 28.8 Å². The predicted octanol–water partition coefficient (Wildman–Crippen LogP) is 5.13. The summed E-state index contributed by atoms with van der Waals surface area (Å²) in [6.07, 6.45) is 15.0. The molecule has 3 aromatic heterocycles. The molecular weight excluding hydrogens is 390 g/mol. The zero-order chi connectivity index (χ0) is 22.2. The molecule has 7 nitrogen and oxygen atoms in total. The third kappa shape index (κ3) is 5.34. The van der Waals surface area contributed by atoms with Crippen LogP contribution in [0.5, 0.6) is 5.75 Å². The third-order valence-electron chi connectivity index (χ3n) is 5.82. The van der Waals surface area contributed by atoms with Crippen molar-refractivity contribution in [1.29, 1.82) is 0 Å². The Balaban J connectivity index is 0.000000391. The van der Waals surface area contributed by atoms with Crippen molar-refractivity contribution in [3.63, 3.8) is 0 Å². The van der Waals surface area contributed by atoms with E-state index in [2.05, 4.69) is 20.3 Å². The number of hydrogen-bond donors (Lipinski definition) is 2. The maximum absolute atomic E-state index is 11.1. The first kappa shape index (κ1) is 22.6. The van der Waals surface area contributed by atoms with Gasteiger partial charge >= 0.3 is 0 Å². The lowest BCUT2D eigenvalue weighted by Gasteiger charge is -2.23. The van der Waals surface area contributed by atoms with E-state index in [1.807, 2.05) is 38.1 Å². The number of pyridine rings is 2. The van der Waals surface area contributed by atoms with Crippen LogP contribution in [-0.2, 0) is 11.3 Å². The molecule has 4 rings (SSSR count). The maximum atomic E-state index is 11.1. The highest BCUT2D eigenvalue weighted by molar-refractivity contribution is 6.00. The summed E-state index contributed by atoms with van der Waals surface area (Å²) in [6.45, 7) is 4.54. The van der Waals surface area contributed by atoms with E-state index in [1.54, 1.807) is 19.5 Å². The molecule has 0 bridgehead atoms. The van der Waals surface area contributed by atoms with Gasteiger partial charge in [0.2, 0.25) is 6.41 Å². The minimum absolute atomic E-state index is 0.563. The van der Waals surface area contributed by atoms with Gasteiger partial charge in [-0.1, -0.05) is 38.5 Å². The highest BCUT2D eigenvalue weighted by atomic mass is 16.5. The fourth-order valence-corrected chi connectivity index (χ4v) is 4.10. The van der Waals surface area contributed by atoms with Gasteiger partial charge in [0.25, 0.3) is 0 Å². The van der Waals surface area contributed by atoms with Crippen LogP contribution in [0.25, 0.3) is 11.0 Å². The molecule has 1 saturated carbocycles. The van der Waals surface area contributed by atoms with Gasteiger partial charge in [-0.15, -0.1) is 0 Å². The van der Waals surface area contributed by atoms with E-state index in [4.69, 9.17) is 4.74 Å². The fraction of sp³-hybridized carbons (Fsp3) is 0.458. The van der Waals surface area contributed by atoms with E-state index < -0.39 is 0 Å². The second kappa shape index (κ2) is 10.8. The molecule has 31 heavy (non-hydrogen) atoms. The van der Waals surface area contributed by atoms with Crippen molar-refractivity contribution in [1.82, 2.24) is 15.0 Å². The molecule has 1 fully saturated rings. The largest absolute Gasteiger partial charge is 0.496 e. The number of carbonyl (C=O) groups is 1. The van der Waals surface area contributed by atoms with Crippen LogP contribution in [0.4, 0.5) is 11.4 Å². The highest BCUT2D eigenvalue weighted by Gasteiger charge is 2.16. The van der Waals surface area contributed by atoms with Gasteiger partial charge < -0.3 is 19.9 Å². The normalized spacial score (nSPS) is 13.3. The Bertz CT molecular complexity index is 999. The highest BCUT2D eigenvalue weighted by Crippen LogP contribution is 2.33. The number of fused-ring (bicyclic) bond motifs is 1. The van der Waals surface area contributed by atoms with Gasteiger partial charge in [-0.05, 0) is 19.9 Å². The molecule has 0 aliphatic heterocycles. The number of nitrogens with zero attached hydrogens (tertiary/aromatic N) is 3. The number of methoxy groups -OCH3 is 1. The van der Waals surface area contributed by atoms with Crippen molar-refractivity contribution in [2.24, 2.45) is 0 Å². The van der Waals surface area contributed by atoms with Crippen LogP contribution in [0.1, 0.15) is 55.3 Å². The lowest BCUT2D eigenvalue weighted by molar-refractivity contribution is -0.105. The average Bonchev–Trinajstić information content (AvgIpc) is 3.27. The molecule has 166 valence electrons. The van der Waals surface area contributed by atoms with Crippen molar-refractivity contribution in [3.8, 4) is 5.75 Å². The van der Waals surface area contributed by atoms with Gasteiger partial charge in [-0.3, -0.25) is 9.78 Å². The van der Waals surface area contributed by atoms with Gasteiger partial charge in [0.1, 0.15) is 11.4 Å². The molecule has 0 unspecified atom stereocenters. The summed E-state index contributed by atoms with van der Waals surface area (Å²) in [4.78, 5) is 25.1. The molecule has 3 aromatic rings. The fourth-order valence-electron chi connectivity index (χ4n) is 4.10. The van der Waals surface area contributed by atoms with Crippen LogP contribution in [0.3, 0.4) is 0 Å². The Morgan fingerprint density at radius 2 is 1.81 bits per heavy atom. The standard InChI is InChI=1S/C18H21N5O2.C6H12/c1-11-7-20-14(12(2)17(11)25-4)9-23(3)15-8-21-18-13(5-6-19-18)16(15)22-10-24;1-2-4-6-5-3-1/h5-8,10H,9H2,1-4H3,(H2,19,21,22,24);1-6H2. The Morgan fingerprint density at radius 1 is 1.13 bits per heavy atom. The van der Waals surface area contributed by atoms with E-state index >= 15 is 0 Å². The van der Waals surface area contributed by atoms with Crippen molar-refractivity contribution in [3.05, 3.63) is 41.5 Å². The minimum atomic E-state index is 0.563. The zero-order valence-electron chi connectivity index (χ0n) is 19.0. The van der Waals surface area contributed by atoms with Gasteiger partial charge in [0.15, 0.2) is 0 Å². The van der Waals surface area contributed by atoms with Crippen LogP contribution in [-0.4, -0.2) is 35.5 Å². The number of aryl methyl sites for hydroxylation is 1. The molecule has 0 aromatic carbocycles. The molecule has 1 amide bonds. The number of rotatable bonds is 6. The molecule has 0 radical (unpaired) electrons. The molecule has 3 heterocycles. The van der Waals surface area contributed by atoms with E-state index in [9.17, 15) is 4.79 Å². The lowest BCUT2D eigenvalue weighted by Crippen LogP contribution is -2.20. The molecule has 7 heteroatoms. The molecule has 1 aliphatic rings. The van der Waals surface area contributed by atoms with E-state index in [-0.39, 0.29) is 0 Å². The summed E-state index contributed by atoms with van der Waals surface area (Å²) >= 11 is 0. The predicted molar refractivity (Wildman–Crippen MR) is 126 cm³/mol. The van der Waals surface area contributed by atoms with Crippen LogP contribution in [0, 0.1) is 13.8 Å². The summed E-state index contributed by atoms with van der Waals surface area (Å²) in [5.74, 6) is 0.851.